The molecule has 27 heavy (non-hydrogen) atoms. The van der Waals surface area contributed by atoms with E-state index in [2.05, 4.69) is 111 Å². The maximum absolute atomic E-state index is 2.62. The molecule has 0 amide bonds. The summed E-state index contributed by atoms with van der Waals surface area (Å²) in [7, 11) is 0. The summed E-state index contributed by atoms with van der Waals surface area (Å²) in [4.78, 5) is 0. The van der Waals surface area contributed by atoms with Gasteiger partial charge in [-0.1, -0.05) is 111 Å². The highest BCUT2D eigenvalue weighted by Gasteiger charge is 2.86. The Morgan fingerprint density at radius 1 is 0.370 bits per heavy atom. The fraction of sp³-hybridized carbons (Fsp3) is 1.00. The molecule has 2 aliphatic carbocycles. The molecule has 2 saturated carbocycles. The lowest BCUT2D eigenvalue weighted by molar-refractivity contribution is -0.428. The molecule has 0 radical (unpaired) electrons. The van der Waals surface area contributed by atoms with Crippen LogP contribution in [0.5, 0.6) is 0 Å². The van der Waals surface area contributed by atoms with Gasteiger partial charge in [0.25, 0.3) is 0 Å². The lowest BCUT2D eigenvalue weighted by Gasteiger charge is -2.90. The Morgan fingerprint density at radius 2 is 0.519 bits per heavy atom. The van der Waals surface area contributed by atoms with Crippen molar-refractivity contribution in [2.45, 2.75) is 111 Å². The molecule has 0 N–H and O–H groups in total. The van der Waals surface area contributed by atoms with Crippen LogP contribution >= 0.6 is 0 Å². The third-order valence-electron chi connectivity index (χ3n) is 10.7. The highest BCUT2D eigenvalue weighted by atomic mass is 14.9. The molecule has 0 aliphatic heterocycles. The largest absolute Gasteiger partial charge is 0.0614 e. The van der Waals surface area contributed by atoms with Gasteiger partial charge < -0.3 is 0 Å². The maximum atomic E-state index is 2.62. The Morgan fingerprint density at radius 3 is 0.630 bits per heavy atom. The second-order valence-electron chi connectivity index (χ2n) is 14.6. The first-order valence-electron chi connectivity index (χ1n) is 11.6. The second kappa shape index (κ2) is 5.57. The molecule has 2 fully saturated rings. The van der Waals surface area contributed by atoms with E-state index >= 15 is 0 Å². The minimum Gasteiger partial charge on any atom is -0.0614 e. The Bertz CT molecular complexity index is 468. The van der Waals surface area contributed by atoms with Gasteiger partial charge in [-0.15, -0.1) is 0 Å². The standard InChI is InChI=1S/C27H52/c1-17-25(18(2)26(17,21(5,6)7)22(8,9)10)19(3)27(20(25)4,23(11,12)13)24(14,15)16/h17-20H,1-16H3. The van der Waals surface area contributed by atoms with E-state index in [0.717, 1.165) is 23.7 Å². The topological polar surface area (TPSA) is 0 Å². The predicted octanol–water partition coefficient (Wildman–Crippen LogP) is 8.70. The SMILES string of the molecule is CC1C2(C(C)C1(C(C)(C)C)C(C)(C)C)C(C)C(C(C)(C)C)(C(C)(C)C)C2C. The van der Waals surface area contributed by atoms with Crippen LogP contribution in [-0.4, -0.2) is 0 Å². The van der Waals surface area contributed by atoms with Crippen molar-refractivity contribution in [1.29, 1.82) is 0 Å². The van der Waals surface area contributed by atoms with Crippen LogP contribution in [0.3, 0.4) is 0 Å². The zero-order valence-electron chi connectivity index (χ0n) is 21.8. The van der Waals surface area contributed by atoms with Crippen molar-refractivity contribution in [2.24, 2.45) is 61.6 Å². The highest BCUT2D eigenvalue weighted by Crippen LogP contribution is 2.90. The minimum atomic E-state index is 0.316. The number of hydrogen-bond acceptors (Lipinski definition) is 0. The van der Waals surface area contributed by atoms with Gasteiger partial charge in [-0.3, -0.25) is 0 Å². The van der Waals surface area contributed by atoms with Crippen LogP contribution < -0.4 is 0 Å². The van der Waals surface area contributed by atoms with Crippen LogP contribution in [0.15, 0.2) is 0 Å². The van der Waals surface area contributed by atoms with Crippen LogP contribution in [0, 0.1) is 61.6 Å². The fourth-order valence-electron chi connectivity index (χ4n) is 11.8. The number of hydrogen-bond donors (Lipinski definition) is 0. The Labute approximate surface area is 172 Å². The van der Waals surface area contributed by atoms with Crippen molar-refractivity contribution < 1.29 is 0 Å². The van der Waals surface area contributed by atoms with E-state index in [1.807, 2.05) is 0 Å². The first-order chi connectivity index (χ1) is 11.6. The molecule has 0 heterocycles. The number of rotatable bonds is 0. The lowest BCUT2D eigenvalue weighted by Crippen LogP contribution is -2.85. The summed E-state index contributed by atoms with van der Waals surface area (Å²) in [6, 6.07) is 0. The van der Waals surface area contributed by atoms with Gasteiger partial charge >= 0.3 is 0 Å². The monoisotopic (exact) mass is 376 g/mol. The summed E-state index contributed by atoms with van der Waals surface area (Å²) in [5, 5.41) is 0. The van der Waals surface area contributed by atoms with Crippen LogP contribution in [0.25, 0.3) is 0 Å². The molecule has 2 rings (SSSR count). The second-order valence-corrected chi connectivity index (χ2v) is 14.6. The van der Waals surface area contributed by atoms with Crippen LogP contribution in [0.4, 0.5) is 0 Å². The van der Waals surface area contributed by atoms with Crippen LogP contribution in [0.1, 0.15) is 111 Å². The molecule has 0 aromatic carbocycles. The van der Waals surface area contributed by atoms with Gasteiger partial charge in [0.15, 0.2) is 0 Å². The van der Waals surface area contributed by atoms with Crippen LogP contribution in [0.2, 0.25) is 0 Å². The molecule has 0 heteroatoms. The van der Waals surface area contributed by atoms with Gasteiger partial charge in [-0.05, 0) is 61.6 Å². The normalized spacial score (nSPS) is 39.1. The molecule has 0 bridgehead atoms. The lowest BCUT2D eigenvalue weighted by atomic mass is 9.14. The minimum absolute atomic E-state index is 0.316. The van der Waals surface area contributed by atoms with Crippen LogP contribution in [-0.2, 0) is 0 Å². The van der Waals surface area contributed by atoms with E-state index in [1.165, 1.54) is 0 Å². The summed E-state index contributed by atoms with van der Waals surface area (Å²) in [6.07, 6.45) is 0. The van der Waals surface area contributed by atoms with Gasteiger partial charge in [-0.25, -0.2) is 0 Å². The summed E-state index contributed by atoms with van der Waals surface area (Å²) >= 11 is 0. The predicted molar refractivity (Wildman–Crippen MR) is 122 cm³/mol. The van der Waals surface area contributed by atoms with Gasteiger partial charge in [0.1, 0.15) is 0 Å². The van der Waals surface area contributed by atoms with E-state index in [4.69, 9.17) is 0 Å². The van der Waals surface area contributed by atoms with Gasteiger partial charge in [0, 0.05) is 0 Å². The molecule has 0 nitrogen and oxygen atoms in total. The van der Waals surface area contributed by atoms with E-state index in [-0.39, 0.29) is 0 Å². The smallest absolute Gasteiger partial charge is 0.0138 e. The molecular formula is C27H52. The van der Waals surface area contributed by atoms with Gasteiger partial charge in [-0.2, -0.15) is 0 Å². The molecule has 2 aliphatic rings. The molecule has 4 unspecified atom stereocenters. The van der Waals surface area contributed by atoms with Crippen molar-refractivity contribution in [2.75, 3.05) is 0 Å². The zero-order valence-corrected chi connectivity index (χ0v) is 21.8. The van der Waals surface area contributed by atoms with E-state index in [0.29, 0.717) is 37.9 Å². The Hall–Kier alpha value is 0. The van der Waals surface area contributed by atoms with Crippen molar-refractivity contribution in [3.8, 4) is 0 Å². The third-order valence-corrected chi connectivity index (χ3v) is 10.7. The van der Waals surface area contributed by atoms with E-state index < -0.39 is 0 Å². The summed E-state index contributed by atoms with van der Waals surface area (Å²) < 4.78 is 0. The maximum Gasteiger partial charge on any atom is -0.0138 e. The first kappa shape index (κ1) is 23.3. The summed E-state index contributed by atoms with van der Waals surface area (Å²) in [6.45, 7) is 40.6. The first-order valence-corrected chi connectivity index (χ1v) is 11.6. The fourth-order valence-corrected chi connectivity index (χ4v) is 11.8. The Balaban J connectivity index is 2.68. The van der Waals surface area contributed by atoms with Crippen molar-refractivity contribution in [1.82, 2.24) is 0 Å². The average Bonchev–Trinajstić information content (AvgIpc) is 2.32. The summed E-state index contributed by atoms with van der Waals surface area (Å²) in [5.74, 6) is 3.01. The molecule has 0 aromatic heterocycles. The quantitative estimate of drug-likeness (QED) is 0.396. The third kappa shape index (κ3) is 2.12. The van der Waals surface area contributed by atoms with Gasteiger partial charge in [0.2, 0.25) is 0 Å². The molecule has 0 saturated heterocycles. The van der Waals surface area contributed by atoms with Crippen molar-refractivity contribution in [3.63, 3.8) is 0 Å². The summed E-state index contributed by atoms with van der Waals surface area (Å²) in [5.41, 5.74) is 2.50. The van der Waals surface area contributed by atoms with Crippen molar-refractivity contribution >= 4 is 0 Å². The zero-order chi connectivity index (χ0) is 21.8. The Kier molecular flexibility index (Phi) is 4.81. The van der Waals surface area contributed by atoms with E-state index in [1.54, 1.807) is 0 Å². The van der Waals surface area contributed by atoms with E-state index in [9.17, 15) is 0 Å². The van der Waals surface area contributed by atoms with Gasteiger partial charge in [0.05, 0.1) is 0 Å². The molecular weight excluding hydrogens is 324 g/mol. The molecule has 0 aromatic rings. The molecule has 1 spiro atoms. The molecule has 160 valence electrons. The molecule has 4 atom stereocenters. The highest BCUT2D eigenvalue weighted by molar-refractivity contribution is 5.32. The van der Waals surface area contributed by atoms with Crippen molar-refractivity contribution in [3.05, 3.63) is 0 Å². The average molecular weight is 377 g/mol.